The van der Waals surface area contributed by atoms with Crippen LogP contribution < -0.4 is 0 Å². The summed E-state index contributed by atoms with van der Waals surface area (Å²) in [5, 5.41) is 0. The van der Waals surface area contributed by atoms with E-state index in [9.17, 15) is 14.4 Å². The first-order valence-corrected chi connectivity index (χ1v) is 5.97. The molecule has 0 aromatic carbocycles. The lowest BCUT2D eigenvalue weighted by molar-refractivity contribution is -0.169. The number of hydrogen-bond acceptors (Lipinski definition) is 6. The fourth-order valence-electron chi connectivity index (χ4n) is 2.63. The lowest BCUT2D eigenvalue weighted by atomic mass is 9.73. The molecule has 0 aliphatic heterocycles. The summed E-state index contributed by atoms with van der Waals surface area (Å²) in [5.41, 5.74) is -1.31. The highest BCUT2D eigenvalue weighted by atomic mass is 16.5. The zero-order valence-electron chi connectivity index (χ0n) is 11.1. The van der Waals surface area contributed by atoms with E-state index < -0.39 is 23.3 Å². The van der Waals surface area contributed by atoms with Crippen LogP contribution in [0.2, 0.25) is 0 Å². The van der Waals surface area contributed by atoms with Crippen molar-refractivity contribution in [2.75, 3.05) is 14.2 Å². The van der Waals surface area contributed by atoms with Crippen molar-refractivity contribution in [3.8, 4) is 0 Å². The van der Waals surface area contributed by atoms with Gasteiger partial charge < -0.3 is 13.9 Å². The molecule has 1 heterocycles. The second-order valence-corrected chi connectivity index (χ2v) is 4.43. The Hall–Kier alpha value is -2.37. The number of allylic oxidation sites excluding steroid dienone is 2. The normalized spacial score (nSPS) is 20.1. The van der Waals surface area contributed by atoms with Crippen LogP contribution in [0.15, 0.2) is 34.5 Å². The Morgan fingerprint density at radius 1 is 1.35 bits per heavy atom. The van der Waals surface area contributed by atoms with Crippen LogP contribution in [0.25, 0.3) is 0 Å². The molecule has 0 fully saturated rings. The van der Waals surface area contributed by atoms with Gasteiger partial charge in [0.1, 0.15) is 12.0 Å². The fourth-order valence-corrected chi connectivity index (χ4v) is 2.63. The summed E-state index contributed by atoms with van der Waals surface area (Å²) in [6.07, 6.45) is 3.59. The summed E-state index contributed by atoms with van der Waals surface area (Å²) in [4.78, 5) is 35.6. The number of aldehydes is 1. The fraction of sp³-hybridized carbons (Fsp3) is 0.357. The van der Waals surface area contributed by atoms with E-state index in [0.717, 1.165) is 0 Å². The van der Waals surface area contributed by atoms with Gasteiger partial charge in [-0.1, -0.05) is 6.08 Å². The average molecular weight is 278 g/mol. The highest BCUT2D eigenvalue weighted by molar-refractivity contribution is 6.04. The smallest absolute Gasteiger partial charge is 0.324 e. The van der Waals surface area contributed by atoms with Gasteiger partial charge in [-0.05, 0) is 18.6 Å². The van der Waals surface area contributed by atoms with Crippen molar-refractivity contribution in [1.29, 1.82) is 0 Å². The highest BCUT2D eigenvalue weighted by Crippen LogP contribution is 2.50. The second kappa shape index (κ2) is 5.32. The van der Waals surface area contributed by atoms with Gasteiger partial charge in [0.15, 0.2) is 5.41 Å². The van der Waals surface area contributed by atoms with Crippen LogP contribution in [0.3, 0.4) is 0 Å². The molecule has 0 bridgehead atoms. The predicted octanol–water partition coefficient (Wildman–Crippen LogP) is 1.22. The molecule has 20 heavy (non-hydrogen) atoms. The molecule has 0 unspecified atom stereocenters. The standard InChI is InChI=1S/C14H14O6/c1-18-12(16)14(13(17)19-2)6-5-9(8-15)11(14)10-4-3-7-20-10/h3-5,7-8,11H,6H2,1-2H3/t11-/m0/s1. The van der Waals surface area contributed by atoms with Crippen molar-refractivity contribution in [1.82, 2.24) is 0 Å². The molecule has 1 aliphatic rings. The minimum atomic E-state index is -1.61. The van der Waals surface area contributed by atoms with Crippen molar-refractivity contribution in [3.05, 3.63) is 35.8 Å². The minimum Gasteiger partial charge on any atom is -0.469 e. The molecule has 0 spiro atoms. The van der Waals surface area contributed by atoms with Crippen LogP contribution in [0.4, 0.5) is 0 Å². The third-order valence-corrected chi connectivity index (χ3v) is 3.55. The van der Waals surface area contributed by atoms with Crippen molar-refractivity contribution in [3.63, 3.8) is 0 Å². The van der Waals surface area contributed by atoms with E-state index >= 15 is 0 Å². The number of esters is 2. The van der Waals surface area contributed by atoms with E-state index in [4.69, 9.17) is 13.9 Å². The SMILES string of the molecule is COC(=O)C1(C(=O)OC)CC=C(C=O)[C@H]1c1ccco1. The number of ether oxygens (including phenoxy) is 2. The van der Waals surface area contributed by atoms with Crippen molar-refractivity contribution in [2.24, 2.45) is 5.41 Å². The Kier molecular flexibility index (Phi) is 3.74. The number of hydrogen-bond donors (Lipinski definition) is 0. The van der Waals surface area contributed by atoms with Crippen LogP contribution in [0, 0.1) is 5.41 Å². The van der Waals surface area contributed by atoms with Gasteiger partial charge in [0.25, 0.3) is 0 Å². The van der Waals surface area contributed by atoms with Gasteiger partial charge in [-0.3, -0.25) is 14.4 Å². The number of carbonyl (C=O) groups excluding carboxylic acids is 3. The number of rotatable bonds is 4. The minimum absolute atomic E-state index is 0.0335. The van der Waals surface area contributed by atoms with Crippen LogP contribution in [-0.2, 0) is 23.9 Å². The first-order valence-electron chi connectivity index (χ1n) is 5.97. The predicted molar refractivity (Wildman–Crippen MR) is 66.7 cm³/mol. The van der Waals surface area contributed by atoms with E-state index in [1.807, 2.05) is 0 Å². The topological polar surface area (TPSA) is 82.8 Å². The summed E-state index contributed by atoms with van der Waals surface area (Å²) in [6.45, 7) is 0. The van der Waals surface area contributed by atoms with Crippen molar-refractivity contribution < 1.29 is 28.3 Å². The van der Waals surface area contributed by atoms with E-state index in [0.29, 0.717) is 17.6 Å². The third-order valence-electron chi connectivity index (χ3n) is 3.55. The molecule has 0 amide bonds. The van der Waals surface area contributed by atoms with E-state index in [1.165, 1.54) is 26.6 Å². The Morgan fingerprint density at radius 2 is 2.00 bits per heavy atom. The molecule has 6 nitrogen and oxygen atoms in total. The van der Waals surface area contributed by atoms with Gasteiger partial charge in [-0.25, -0.2) is 0 Å². The summed E-state index contributed by atoms with van der Waals surface area (Å²) >= 11 is 0. The maximum absolute atomic E-state index is 12.2. The van der Waals surface area contributed by atoms with Crippen LogP contribution >= 0.6 is 0 Å². The molecule has 1 aromatic rings. The largest absolute Gasteiger partial charge is 0.469 e. The van der Waals surface area contributed by atoms with Gasteiger partial charge in [-0.2, -0.15) is 0 Å². The van der Waals surface area contributed by atoms with Gasteiger partial charge >= 0.3 is 11.9 Å². The third kappa shape index (κ3) is 1.84. The Bertz CT molecular complexity index is 538. The Morgan fingerprint density at radius 3 is 2.45 bits per heavy atom. The molecule has 106 valence electrons. The number of carbonyl (C=O) groups is 3. The van der Waals surface area contributed by atoms with Gasteiger partial charge in [-0.15, -0.1) is 0 Å². The van der Waals surface area contributed by atoms with E-state index in [1.54, 1.807) is 12.1 Å². The summed E-state index contributed by atoms with van der Waals surface area (Å²) in [7, 11) is 2.37. The van der Waals surface area contributed by atoms with Crippen LogP contribution in [0.5, 0.6) is 0 Å². The molecule has 0 saturated carbocycles. The molecular formula is C14H14O6. The quantitative estimate of drug-likeness (QED) is 0.468. The van der Waals surface area contributed by atoms with Crippen molar-refractivity contribution in [2.45, 2.75) is 12.3 Å². The van der Waals surface area contributed by atoms with Crippen molar-refractivity contribution >= 4 is 18.2 Å². The molecule has 6 heteroatoms. The summed E-state index contributed by atoms with van der Waals surface area (Å²) < 4.78 is 14.8. The first-order chi connectivity index (χ1) is 9.61. The lowest BCUT2D eigenvalue weighted by Crippen LogP contribution is -2.44. The van der Waals surface area contributed by atoms with Gasteiger partial charge in [0.2, 0.25) is 0 Å². The highest BCUT2D eigenvalue weighted by Gasteiger charge is 2.59. The van der Waals surface area contributed by atoms with Gasteiger partial charge in [0, 0.05) is 5.57 Å². The summed E-state index contributed by atoms with van der Waals surface area (Å²) in [6, 6.07) is 3.23. The molecule has 1 atom stereocenters. The molecule has 0 saturated heterocycles. The van der Waals surface area contributed by atoms with Gasteiger partial charge in [0.05, 0.1) is 26.4 Å². The number of furan rings is 1. The Balaban J connectivity index is 2.59. The maximum Gasteiger partial charge on any atom is 0.324 e. The van der Waals surface area contributed by atoms with Crippen LogP contribution in [-0.4, -0.2) is 32.4 Å². The molecule has 1 aliphatic carbocycles. The molecule has 0 N–H and O–H groups in total. The second-order valence-electron chi connectivity index (χ2n) is 4.43. The number of methoxy groups -OCH3 is 2. The Labute approximate surface area is 115 Å². The summed E-state index contributed by atoms with van der Waals surface area (Å²) in [5.74, 6) is -2.00. The molecule has 2 rings (SSSR count). The average Bonchev–Trinajstić information content (AvgIpc) is 3.12. The van der Waals surface area contributed by atoms with Crippen LogP contribution in [0.1, 0.15) is 18.1 Å². The molecule has 1 aromatic heterocycles. The molecule has 0 radical (unpaired) electrons. The zero-order valence-corrected chi connectivity index (χ0v) is 11.1. The molecular weight excluding hydrogens is 264 g/mol. The van der Waals surface area contributed by atoms with E-state index in [2.05, 4.69) is 0 Å². The first kappa shape index (κ1) is 14.0. The lowest BCUT2D eigenvalue weighted by Gasteiger charge is -2.29. The zero-order chi connectivity index (χ0) is 14.8. The maximum atomic E-state index is 12.2. The monoisotopic (exact) mass is 278 g/mol. The van der Waals surface area contributed by atoms with E-state index in [-0.39, 0.29) is 6.42 Å².